The van der Waals surface area contributed by atoms with Gasteiger partial charge >= 0.3 is 0 Å². The molecule has 6 heteroatoms. The number of hydrogen-bond donors (Lipinski definition) is 1. The lowest BCUT2D eigenvalue weighted by atomic mass is 10.1. The number of thiazole rings is 1. The highest BCUT2D eigenvalue weighted by Crippen LogP contribution is 2.35. The Morgan fingerprint density at radius 2 is 1.68 bits per heavy atom. The number of hydrogen-bond acceptors (Lipinski definition) is 5. The minimum atomic E-state index is -0.227. The van der Waals surface area contributed by atoms with Crippen LogP contribution in [0.5, 0.6) is 11.5 Å². The van der Waals surface area contributed by atoms with E-state index in [0.717, 1.165) is 26.4 Å². The topological polar surface area (TPSA) is 60.5 Å². The van der Waals surface area contributed by atoms with E-state index in [9.17, 15) is 4.79 Å². The summed E-state index contributed by atoms with van der Waals surface area (Å²) in [7, 11) is 1.58. The van der Waals surface area contributed by atoms with Crippen molar-refractivity contribution in [2.24, 2.45) is 0 Å². The Morgan fingerprint density at radius 1 is 0.912 bits per heavy atom. The summed E-state index contributed by atoms with van der Waals surface area (Å²) in [6.07, 6.45) is 0. The first-order valence-corrected chi connectivity index (χ1v) is 11.6. The molecule has 0 saturated heterocycles. The van der Waals surface area contributed by atoms with E-state index in [1.54, 1.807) is 42.7 Å². The lowest BCUT2D eigenvalue weighted by Crippen LogP contribution is -2.12. The predicted octanol–water partition coefficient (Wildman–Crippen LogP) is 6.80. The third-order valence-corrected chi connectivity index (χ3v) is 6.44. The number of benzene rings is 4. The maximum absolute atomic E-state index is 12.9. The van der Waals surface area contributed by atoms with E-state index in [-0.39, 0.29) is 5.91 Å². The highest BCUT2D eigenvalue weighted by molar-refractivity contribution is 7.21. The molecule has 0 radical (unpaired) electrons. The third kappa shape index (κ3) is 4.77. The molecule has 1 N–H and O–H groups in total. The summed E-state index contributed by atoms with van der Waals surface area (Å²) in [5.41, 5.74) is 4.08. The van der Waals surface area contributed by atoms with Gasteiger partial charge in [-0.2, -0.15) is 0 Å². The van der Waals surface area contributed by atoms with Crippen molar-refractivity contribution in [2.75, 3.05) is 12.4 Å². The van der Waals surface area contributed by atoms with Gasteiger partial charge in [-0.3, -0.25) is 4.79 Å². The van der Waals surface area contributed by atoms with E-state index < -0.39 is 0 Å². The van der Waals surface area contributed by atoms with Gasteiger partial charge in [0.2, 0.25) is 0 Å². The van der Waals surface area contributed by atoms with Gasteiger partial charge in [-0.25, -0.2) is 4.98 Å². The molecule has 5 aromatic rings. The third-order valence-electron chi connectivity index (χ3n) is 5.35. The summed E-state index contributed by atoms with van der Waals surface area (Å²) in [4.78, 5) is 17.7. The Morgan fingerprint density at radius 3 is 2.44 bits per heavy atom. The van der Waals surface area contributed by atoms with E-state index in [1.165, 1.54) is 0 Å². The minimum Gasteiger partial charge on any atom is -0.495 e. The van der Waals surface area contributed by atoms with Crippen LogP contribution in [0.3, 0.4) is 0 Å². The zero-order valence-electron chi connectivity index (χ0n) is 18.5. The molecule has 1 heterocycles. The number of ether oxygens (including phenoxy) is 2. The first kappa shape index (κ1) is 21.7. The number of rotatable bonds is 7. The summed E-state index contributed by atoms with van der Waals surface area (Å²) >= 11 is 1.61. The van der Waals surface area contributed by atoms with Crippen LogP contribution in [-0.2, 0) is 6.61 Å². The Labute approximate surface area is 201 Å². The van der Waals surface area contributed by atoms with Gasteiger partial charge < -0.3 is 14.8 Å². The molecule has 0 atom stereocenters. The second-order valence-electron chi connectivity index (χ2n) is 7.65. The van der Waals surface area contributed by atoms with Crippen LogP contribution < -0.4 is 14.8 Å². The highest BCUT2D eigenvalue weighted by Gasteiger charge is 2.13. The quantitative estimate of drug-likeness (QED) is 0.286. The molecular formula is C28H22N2O3S. The fraction of sp³-hybridized carbons (Fsp3) is 0.0714. The average Bonchev–Trinajstić information content (AvgIpc) is 3.33. The van der Waals surface area contributed by atoms with Gasteiger partial charge in [-0.15, -0.1) is 11.3 Å². The summed E-state index contributed by atoms with van der Waals surface area (Å²) in [6, 6.07) is 30.8. The molecule has 0 aliphatic heterocycles. The van der Waals surface area contributed by atoms with Crippen LogP contribution in [0.15, 0.2) is 97.1 Å². The smallest absolute Gasteiger partial charge is 0.255 e. The van der Waals surface area contributed by atoms with Crippen molar-refractivity contribution in [3.8, 4) is 22.1 Å². The van der Waals surface area contributed by atoms with Crippen molar-refractivity contribution < 1.29 is 14.3 Å². The maximum Gasteiger partial charge on any atom is 0.255 e. The molecule has 4 aromatic carbocycles. The van der Waals surface area contributed by atoms with Gasteiger partial charge in [0.25, 0.3) is 5.91 Å². The van der Waals surface area contributed by atoms with Crippen LogP contribution in [0, 0.1) is 0 Å². The van der Waals surface area contributed by atoms with Crippen LogP contribution in [0.1, 0.15) is 15.9 Å². The summed E-state index contributed by atoms with van der Waals surface area (Å²) in [5, 5.41) is 3.86. The average molecular weight is 467 g/mol. The van der Waals surface area contributed by atoms with Crippen molar-refractivity contribution >= 4 is 33.1 Å². The number of methoxy groups -OCH3 is 1. The van der Waals surface area contributed by atoms with Crippen LogP contribution in [0.2, 0.25) is 0 Å². The first-order chi connectivity index (χ1) is 16.7. The van der Waals surface area contributed by atoms with Crippen molar-refractivity contribution in [2.45, 2.75) is 6.61 Å². The van der Waals surface area contributed by atoms with Gasteiger partial charge in [0.05, 0.1) is 23.0 Å². The number of aromatic nitrogens is 1. The van der Waals surface area contributed by atoms with Crippen LogP contribution in [-0.4, -0.2) is 18.0 Å². The van der Waals surface area contributed by atoms with Gasteiger partial charge in [0.15, 0.2) is 0 Å². The van der Waals surface area contributed by atoms with Crippen molar-refractivity contribution in [1.82, 2.24) is 4.98 Å². The second kappa shape index (κ2) is 9.77. The Kier molecular flexibility index (Phi) is 6.23. The number of nitrogens with zero attached hydrogens (tertiary/aromatic N) is 1. The number of carbonyl (C=O) groups is 1. The van der Waals surface area contributed by atoms with Gasteiger partial charge in [0.1, 0.15) is 23.1 Å². The number of carbonyl (C=O) groups excluding carboxylic acids is 1. The van der Waals surface area contributed by atoms with Crippen molar-refractivity contribution in [3.05, 3.63) is 108 Å². The minimum absolute atomic E-state index is 0.227. The van der Waals surface area contributed by atoms with Crippen LogP contribution in [0.25, 0.3) is 20.8 Å². The Balaban J connectivity index is 1.32. The lowest BCUT2D eigenvalue weighted by molar-refractivity contribution is 0.102. The summed E-state index contributed by atoms with van der Waals surface area (Å²) in [6.45, 7) is 0.474. The molecule has 5 rings (SSSR count). The summed E-state index contributed by atoms with van der Waals surface area (Å²) in [5.74, 6) is 1.06. The number of para-hydroxylation sites is 1. The zero-order valence-corrected chi connectivity index (χ0v) is 19.3. The van der Waals surface area contributed by atoms with Crippen molar-refractivity contribution in [1.29, 1.82) is 0 Å². The molecule has 0 bridgehead atoms. The normalized spacial score (nSPS) is 10.7. The van der Waals surface area contributed by atoms with E-state index in [1.807, 2.05) is 66.7 Å². The molecule has 0 fully saturated rings. The van der Waals surface area contributed by atoms with E-state index in [4.69, 9.17) is 14.5 Å². The monoisotopic (exact) mass is 466 g/mol. The zero-order chi connectivity index (χ0) is 23.3. The molecule has 0 aliphatic carbocycles. The van der Waals surface area contributed by atoms with Crippen LogP contribution >= 0.6 is 11.3 Å². The lowest BCUT2D eigenvalue weighted by Gasteiger charge is -2.12. The fourth-order valence-electron chi connectivity index (χ4n) is 3.57. The van der Waals surface area contributed by atoms with Gasteiger partial charge in [0, 0.05) is 11.1 Å². The molecule has 1 aromatic heterocycles. The first-order valence-electron chi connectivity index (χ1n) is 10.8. The number of nitrogens with one attached hydrogen (secondary N) is 1. The standard InChI is InChI=1S/C28H22N2O3S/c1-32-25-16-13-21(28-30-23-9-5-6-10-26(23)34-28)17-24(25)29-27(31)20-11-14-22(15-12-20)33-18-19-7-3-2-4-8-19/h2-17H,18H2,1H3,(H,29,31). The molecule has 34 heavy (non-hydrogen) atoms. The molecular weight excluding hydrogens is 444 g/mol. The SMILES string of the molecule is COc1ccc(-c2nc3ccccc3s2)cc1NC(=O)c1ccc(OCc2ccccc2)cc1. The van der Waals surface area contributed by atoms with E-state index in [0.29, 0.717) is 29.4 Å². The molecule has 0 spiro atoms. The number of fused-ring (bicyclic) bond motifs is 1. The largest absolute Gasteiger partial charge is 0.495 e. The van der Waals surface area contributed by atoms with E-state index in [2.05, 4.69) is 11.4 Å². The molecule has 1 amide bonds. The predicted molar refractivity (Wildman–Crippen MR) is 137 cm³/mol. The Hall–Kier alpha value is -4.16. The Bertz CT molecular complexity index is 1400. The maximum atomic E-state index is 12.9. The molecule has 168 valence electrons. The number of amides is 1. The van der Waals surface area contributed by atoms with E-state index >= 15 is 0 Å². The van der Waals surface area contributed by atoms with Gasteiger partial charge in [-0.05, 0) is 60.2 Å². The fourth-order valence-corrected chi connectivity index (χ4v) is 4.53. The van der Waals surface area contributed by atoms with Crippen LogP contribution in [0.4, 0.5) is 5.69 Å². The number of anilines is 1. The molecule has 0 aliphatic rings. The molecule has 5 nitrogen and oxygen atoms in total. The molecule has 0 unspecified atom stereocenters. The summed E-state index contributed by atoms with van der Waals surface area (Å²) < 4.78 is 12.4. The van der Waals surface area contributed by atoms with Crippen molar-refractivity contribution in [3.63, 3.8) is 0 Å². The highest BCUT2D eigenvalue weighted by atomic mass is 32.1. The molecule has 0 saturated carbocycles. The second-order valence-corrected chi connectivity index (χ2v) is 8.69. The van der Waals surface area contributed by atoms with Gasteiger partial charge in [-0.1, -0.05) is 42.5 Å².